The van der Waals surface area contributed by atoms with E-state index in [2.05, 4.69) is 27.4 Å². The van der Waals surface area contributed by atoms with Gasteiger partial charge in [-0.25, -0.2) is 4.98 Å². The number of amides is 2. The Morgan fingerprint density at radius 1 is 1.17 bits per heavy atom. The first-order chi connectivity index (χ1) is 14.6. The van der Waals surface area contributed by atoms with Gasteiger partial charge in [-0.2, -0.15) is 0 Å². The summed E-state index contributed by atoms with van der Waals surface area (Å²) in [6, 6.07) is 9.83. The fourth-order valence-electron chi connectivity index (χ4n) is 3.69. The Hall–Kier alpha value is -2.25. The molecule has 0 spiro atoms. The number of thiazole rings is 1. The molecule has 0 bridgehead atoms. The molecule has 1 fully saturated rings. The number of nitrogens with one attached hydrogen (secondary N) is 2. The number of aromatic nitrogens is 1. The molecule has 2 N–H and O–H groups in total. The first-order valence-corrected chi connectivity index (χ1v) is 11.8. The lowest BCUT2D eigenvalue weighted by Crippen LogP contribution is -2.36. The van der Waals surface area contributed by atoms with E-state index in [9.17, 15) is 9.59 Å². The van der Waals surface area contributed by atoms with Crippen molar-refractivity contribution >= 4 is 28.3 Å². The molecular weight excluding hydrogens is 396 g/mol. The van der Waals surface area contributed by atoms with Crippen LogP contribution in [0.25, 0.3) is 0 Å². The van der Waals surface area contributed by atoms with Gasteiger partial charge in [0.1, 0.15) is 0 Å². The van der Waals surface area contributed by atoms with Crippen LogP contribution in [0.3, 0.4) is 0 Å². The van der Waals surface area contributed by atoms with Crippen LogP contribution in [-0.4, -0.2) is 40.8 Å². The number of carbonyl (C=O) groups is 2. The van der Waals surface area contributed by atoms with Crippen LogP contribution in [0.2, 0.25) is 0 Å². The molecule has 1 aliphatic heterocycles. The van der Waals surface area contributed by atoms with Gasteiger partial charge in [0.05, 0.1) is 0 Å². The number of benzene rings is 1. The smallest absolute Gasteiger partial charge is 0.251 e. The highest BCUT2D eigenvalue weighted by Gasteiger charge is 2.19. The molecule has 1 aliphatic rings. The number of likely N-dealkylation sites (tertiary alicyclic amines) is 1. The lowest BCUT2D eigenvalue weighted by molar-refractivity contribution is -0.116. The van der Waals surface area contributed by atoms with Gasteiger partial charge in [0.15, 0.2) is 5.13 Å². The summed E-state index contributed by atoms with van der Waals surface area (Å²) >= 11 is 1.57. The van der Waals surface area contributed by atoms with E-state index in [0.717, 1.165) is 32.4 Å². The zero-order valence-corrected chi connectivity index (χ0v) is 18.5. The Morgan fingerprint density at radius 3 is 2.80 bits per heavy atom. The quantitative estimate of drug-likeness (QED) is 0.549. The summed E-state index contributed by atoms with van der Waals surface area (Å²) in [4.78, 5) is 32.2. The third kappa shape index (κ3) is 7.22. The van der Waals surface area contributed by atoms with Gasteiger partial charge >= 0.3 is 0 Å². The predicted molar refractivity (Wildman–Crippen MR) is 122 cm³/mol. The summed E-state index contributed by atoms with van der Waals surface area (Å²) in [7, 11) is 0. The lowest BCUT2D eigenvalue weighted by Gasteiger charge is -2.32. The van der Waals surface area contributed by atoms with Gasteiger partial charge in [0, 0.05) is 42.2 Å². The second kappa shape index (κ2) is 11.8. The Balaban J connectivity index is 1.28. The molecule has 0 radical (unpaired) electrons. The summed E-state index contributed by atoms with van der Waals surface area (Å²) in [6.07, 6.45) is 8.78. The average molecular weight is 429 g/mol. The first kappa shape index (κ1) is 22.4. The molecule has 2 amide bonds. The van der Waals surface area contributed by atoms with E-state index in [1.807, 2.05) is 24.4 Å². The second-order valence-electron chi connectivity index (χ2n) is 7.93. The topological polar surface area (TPSA) is 74.3 Å². The molecule has 162 valence electrons. The summed E-state index contributed by atoms with van der Waals surface area (Å²) in [6.45, 7) is 4.98. The van der Waals surface area contributed by atoms with E-state index >= 15 is 0 Å². The van der Waals surface area contributed by atoms with E-state index < -0.39 is 0 Å². The number of piperidine rings is 1. The first-order valence-electron chi connectivity index (χ1n) is 10.9. The van der Waals surface area contributed by atoms with Crippen LogP contribution < -0.4 is 10.6 Å². The fraction of sp³-hybridized carbons (Fsp3) is 0.522. The van der Waals surface area contributed by atoms with E-state index in [4.69, 9.17) is 0 Å². The molecule has 0 aliphatic carbocycles. The lowest BCUT2D eigenvalue weighted by atomic mass is 10.0. The van der Waals surface area contributed by atoms with Gasteiger partial charge < -0.3 is 10.6 Å². The maximum atomic E-state index is 12.2. The van der Waals surface area contributed by atoms with Crippen molar-refractivity contribution in [2.45, 2.75) is 64.5 Å². The molecule has 1 aromatic carbocycles. The van der Waals surface area contributed by atoms with E-state index in [1.165, 1.54) is 24.1 Å². The molecule has 1 aromatic heterocycles. The minimum Gasteiger partial charge on any atom is -0.352 e. The van der Waals surface area contributed by atoms with Gasteiger partial charge in [-0.05, 0) is 51.3 Å². The van der Waals surface area contributed by atoms with E-state index in [1.54, 1.807) is 23.5 Å². The van der Waals surface area contributed by atoms with Crippen molar-refractivity contribution in [1.82, 2.24) is 15.2 Å². The van der Waals surface area contributed by atoms with Crippen LogP contribution in [-0.2, 0) is 11.3 Å². The monoisotopic (exact) mass is 428 g/mol. The molecular formula is C23H32N4O2S. The molecule has 1 atom stereocenters. The molecule has 6 nitrogen and oxygen atoms in total. The van der Waals surface area contributed by atoms with Crippen LogP contribution >= 0.6 is 11.3 Å². The van der Waals surface area contributed by atoms with Crippen molar-refractivity contribution in [2.24, 2.45) is 0 Å². The van der Waals surface area contributed by atoms with Crippen LogP contribution in [0.1, 0.15) is 67.1 Å². The van der Waals surface area contributed by atoms with Crippen molar-refractivity contribution in [1.29, 1.82) is 0 Å². The standard InChI is InChI=1S/C23H32N4O2S/c1-18-10-7-9-15-27(18)17-20-16-25-23(30-20)26-21(28)13-6-3-8-14-24-22(29)19-11-4-2-5-12-19/h2,4-5,11-12,16,18H,3,6-10,13-15,17H2,1H3,(H,24,29)(H,25,26,28). The minimum atomic E-state index is -0.0492. The van der Waals surface area contributed by atoms with E-state index in [-0.39, 0.29) is 11.8 Å². The average Bonchev–Trinajstić information content (AvgIpc) is 3.19. The van der Waals surface area contributed by atoms with Gasteiger partial charge in [-0.3, -0.25) is 14.5 Å². The Morgan fingerprint density at radius 2 is 2.00 bits per heavy atom. The minimum absolute atomic E-state index is 0.00978. The SMILES string of the molecule is CC1CCCCN1Cc1cnc(NC(=O)CCCCCNC(=O)c2ccccc2)s1. The van der Waals surface area contributed by atoms with Crippen molar-refractivity contribution in [2.75, 3.05) is 18.4 Å². The predicted octanol–water partition coefficient (Wildman–Crippen LogP) is 4.45. The highest BCUT2D eigenvalue weighted by atomic mass is 32.1. The molecule has 1 unspecified atom stereocenters. The zero-order chi connectivity index (χ0) is 21.2. The van der Waals surface area contributed by atoms with Crippen LogP contribution in [0.5, 0.6) is 0 Å². The van der Waals surface area contributed by atoms with Crippen molar-refractivity contribution in [3.8, 4) is 0 Å². The summed E-state index contributed by atoms with van der Waals surface area (Å²) in [5, 5.41) is 6.53. The Kier molecular flexibility index (Phi) is 8.83. The van der Waals surface area contributed by atoms with Crippen molar-refractivity contribution in [3.63, 3.8) is 0 Å². The summed E-state index contributed by atoms with van der Waals surface area (Å²) in [5.74, 6) is -0.0394. The maximum absolute atomic E-state index is 12.2. The number of unbranched alkanes of at least 4 members (excludes halogenated alkanes) is 2. The Bertz CT molecular complexity index is 809. The fourth-order valence-corrected chi connectivity index (χ4v) is 4.55. The van der Waals surface area contributed by atoms with Crippen molar-refractivity contribution in [3.05, 3.63) is 47.0 Å². The van der Waals surface area contributed by atoms with Crippen LogP contribution in [0, 0.1) is 0 Å². The summed E-state index contributed by atoms with van der Waals surface area (Å²) in [5.41, 5.74) is 0.675. The third-order valence-corrected chi connectivity index (χ3v) is 6.40. The second-order valence-corrected chi connectivity index (χ2v) is 9.04. The number of carbonyl (C=O) groups excluding carboxylic acids is 2. The highest BCUT2D eigenvalue weighted by molar-refractivity contribution is 7.15. The Labute approximate surface area is 183 Å². The van der Waals surface area contributed by atoms with Gasteiger partial charge in [0.25, 0.3) is 5.91 Å². The van der Waals surface area contributed by atoms with E-state index in [0.29, 0.717) is 29.7 Å². The number of hydrogen-bond donors (Lipinski definition) is 2. The molecule has 0 saturated carbocycles. The number of rotatable bonds is 10. The third-order valence-electron chi connectivity index (χ3n) is 5.50. The molecule has 30 heavy (non-hydrogen) atoms. The largest absolute Gasteiger partial charge is 0.352 e. The zero-order valence-electron chi connectivity index (χ0n) is 17.7. The van der Waals surface area contributed by atoms with Crippen LogP contribution in [0.15, 0.2) is 36.5 Å². The number of nitrogens with zero attached hydrogens (tertiary/aromatic N) is 2. The normalized spacial score (nSPS) is 16.9. The molecule has 2 aromatic rings. The molecule has 7 heteroatoms. The molecule has 1 saturated heterocycles. The number of anilines is 1. The van der Waals surface area contributed by atoms with Gasteiger partial charge in [0.2, 0.25) is 5.91 Å². The maximum Gasteiger partial charge on any atom is 0.251 e. The highest BCUT2D eigenvalue weighted by Crippen LogP contribution is 2.24. The van der Waals surface area contributed by atoms with Gasteiger partial charge in [-0.1, -0.05) is 31.0 Å². The van der Waals surface area contributed by atoms with Crippen molar-refractivity contribution < 1.29 is 9.59 Å². The van der Waals surface area contributed by atoms with Crippen LogP contribution in [0.4, 0.5) is 5.13 Å². The summed E-state index contributed by atoms with van der Waals surface area (Å²) < 4.78 is 0. The number of hydrogen-bond acceptors (Lipinski definition) is 5. The molecule has 2 heterocycles. The van der Waals surface area contributed by atoms with Gasteiger partial charge in [-0.15, -0.1) is 11.3 Å². The molecule has 3 rings (SSSR count).